The van der Waals surface area contributed by atoms with Crippen LogP contribution in [0.2, 0.25) is 0 Å². The lowest BCUT2D eigenvalue weighted by molar-refractivity contribution is -0.384. The van der Waals surface area contributed by atoms with Crippen LogP contribution >= 0.6 is 0 Å². The van der Waals surface area contributed by atoms with Crippen LogP contribution in [0.15, 0.2) is 72.9 Å². The lowest BCUT2D eigenvalue weighted by Crippen LogP contribution is -1.97. The number of nitrogens with one attached hydrogen (secondary N) is 1. The predicted octanol–water partition coefficient (Wildman–Crippen LogP) is 5.30. The Morgan fingerprint density at radius 1 is 1.00 bits per heavy atom. The molecule has 0 radical (unpaired) electrons. The molecule has 0 atom stereocenters. The van der Waals surface area contributed by atoms with E-state index < -0.39 is 4.92 Å². The number of nitro benzene ring substituents is 1. The van der Waals surface area contributed by atoms with Crippen molar-refractivity contribution in [3.05, 3.63) is 99.7 Å². The second-order valence-electron chi connectivity index (χ2n) is 6.88. The molecule has 3 aromatic carbocycles. The van der Waals surface area contributed by atoms with Gasteiger partial charge < -0.3 is 19.9 Å². The number of anilines is 1. The van der Waals surface area contributed by atoms with E-state index in [9.17, 15) is 20.0 Å². The van der Waals surface area contributed by atoms with Crippen molar-refractivity contribution in [2.75, 3.05) is 19.5 Å². The zero-order chi connectivity index (χ0) is 23.8. The highest BCUT2D eigenvalue weighted by molar-refractivity contribution is 6.04. The van der Waals surface area contributed by atoms with Gasteiger partial charge in [0.1, 0.15) is 0 Å². The van der Waals surface area contributed by atoms with Crippen molar-refractivity contribution in [3.8, 4) is 17.2 Å². The maximum absolute atomic E-state index is 12.2. The Kier molecular flexibility index (Phi) is 7.43. The SMILES string of the molecule is COc1cc(/C=C\c2cccc(N/C=C\C(=O)c3ccc([N+](=O)[O-])cc3)c2)cc(O)c1OC. The Hall–Kier alpha value is -4.59. The van der Waals surface area contributed by atoms with Gasteiger partial charge in [-0.25, -0.2) is 0 Å². The molecule has 0 spiro atoms. The van der Waals surface area contributed by atoms with Crippen molar-refractivity contribution >= 4 is 29.3 Å². The third kappa shape index (κ3) is 5.98. The number of rotatable bonds is 9. The number of nitrogens with zero attached hydrogens (tertiary/aromatic N) is 1. The van der Waals surface area contributed by atoms with Crippen molar-refractivity contribution in [3.63, 3.8) is 0 Å². The second-order valence-corrected chi connectivity index (χ2v) is 6.88. The van der Waals surface area contributed by atoms with Crippen molar-refractivity contribution in [2.45, 2.75) is 0 Å². The van der Waals surface area contributed by atoms with Gasteiger partial charge in [-0.1, -0.05) is 24.3 Å². The van der Waals surface area contributed by atoms with E-state index in [0.29, 0.717) is 11.3 Å². The van der Waals surface area contributed by atoms with E-state index >= 15 is 0 Å². The molecule has 8 heteroatoms. The van der Waals surface area contributed by atoms with Crippen molar-refractivity contribution in [1.29, 1.82) is 0 Å². The minimum atomic E-state index is -0.513. The zero-order valence-corrected chi connectivity index (χ0v) is 18.0. The summed E-state index contributed by atoms with van der Waals surface area (Å²) in [6.07, 6.45) is 6.57. The third-order valence-electron chi connectivity index (χ3n) is 4.68. The van der Waals surface area contributed by atoms with Gasteiger partial charge in [-0.15, -0.1) is 0 Å². The molecule has 0 saturated carbocycles. The predicted molar refractivity (Wildman–Crippen MR) is 127 cm³/mol. The molecular formula is C25H22N2O6. The number of hydrogen-bond acceptors (Lipinski definition) is 7. The molecule has 0 aromatic heterocycles. The van der Waals surface area contributed by atoms with Crippen LogP contribution in [0.3, 0.4) is 0 Å². The molecule has 0 bridgehead atoms. The van der Waals surface area contributed by atoms with Crippen LogP contribution in [-0.2, 0) is 0 Å². The summed E-state index contributed by atoms with van der Waals surface area (Å²) in [5.74, 6) is 0.405. The Morgan fingerprint density at radius 2 is 1.73 bits per heavy atom. The smallest absolute Gasteiger partial charge is 0.269 e. The van der Waals surface area contributed by atoms with Crippen LogP contribution < -0.4 is 14.8 Å². The summed E-state index contributed by atoms with van der Waals surface area (Å²) in [6, 6.07) is 16.3. The van der Waals surface area contributed by atoms with Gasteiger partial charge in [0.2, 0.25) is 5.75 Å². The molecule has 3 aromatic rings. The van der Waals surface area contributed by atoms with Crippen LogP contribution in [0, 0.1) is 10.1 Å². The van der Waals surface area contributed by atoms with Gasteiger partial charge in [0.25, 0.3) is 5.69 Å². The van der Waals surface area contributed by atoms with Gasteiger partial charge in [0.05, 0.1) is 19.1 Å². The van der Waals surface area contributed by atoms with Crippen LogP contribution in [0.25, 0.3) is 12.2 Å². The average Bonchev–Trinajstić information content (AvgIpc) is 2.82. The lowest BCUT2D eigenvalue weighted by Gasteiger charge is -2.10. The van der Waals surface area contributed by atoms with E-state index in [2.05, 4.69) is 5.32 Å². The van der Waals surface area contributed by atoms with Crippen molar-refractivity contribution in [2.24, 2.45) is 0 Å². The standard InChI is InChI=1S/C25H22N2O6/c1-32-24-16-18(15-23(29)25(24)33-2)7-6-17-4-3-5-20(14-17)26-13-12-22(28)19-8-10-21(11-9-19)27(30)31/h3-16,26,29H,1-2H3/b7-6-,13-12-. The number of aromatic hydroxyl groups is 1. The van der Waals surface area contributed by atoms with Crippen LogP contribution in [-0.4, -0.2) is 30.0 Å². The summed E-state index contributed by atoms with van der Waals surface area (Å²) < 4.78 is 10.4. The average molecular weight is 446 g/mol. The Balaban J connectivity index is 1.67. The Morgan fingerprint density at radius 3 is 2.39 bits per heavy atom. The molecule has 0 fully saturated rings. The van der Waals surface area contributed by atoms with Gasteiger partial charge >= 0.3 is 0 Å². The fraction of sp³-hybridized carbons (Fsp3) is 0.0800. The lowest BCUT2D eigenvalue weighted by atomic mass is 10.1. The number of allylic oxidation sites excluding steroid dienone is 1. The van der Waals surface area contributed by atoms with Crippen LogP contribution in [0.5, 0.6) is 17.2 Å². The first-order valence-electron chi connectivity index (χ1n) is 9.86. The summed E-state index contributed by atoms with van der Waals surface area (Å²) >= 11 is 0. The van der Waals surface area contributed by atoms with E-state index in [1.54, 1.807) is 12.1 Å². The van der Waals surface area contributed by atoms with E-state index in [-0.39, 0.29) is 23.0 Å². The normalized spacial score (nSPS) is 11.0. The first-order valence-corrected chi connectivity index (χ1v) is 9.86. The number of non-ortho nitro benzene ring substituents is 1. The van der Waals surface area contributed by atoms with Crippen LogP contribution in [0.4, 0.5) is 11.4 Å². The number of carbonyl (C=O) groups excluding carboxylic acids is 1. The van der Waals surface area contributed by atoms with Gasteiger partial charge in [0.15, 0.2) is 17.3 Å². The number of ether oxygens (including phenoxy) is 2. The molecule has 0 aliphatic carbocycles. The highest BCUT2D eigenvalue weighted by Gasteiger charge is 2.10. The first-order chi connectivity index (χ1) is 15.9. The monoisotopic (exact) mass is 446 g/mol. The summed E-state index contributed by atoms with van der Waals surface area (Å²) in [6.45, 7) is 0. The third-order valence-corrected chi connectivity index (χ3v) is 4.68. The number of ketones is 1. The van der Waals surface area contributed by atoms with Crippen LogP contribution in [0.1, 0.15) is 21.5 Å². The fourth-order valence-electron chi connectivity index (χ4n) is 3.04. The molecule has 0 heterocycles. The minimum absolute atomic E-state index is 0.0188. The number of carbonyl (C=O) groups is 1. The van der Waals surface area contributed by atoms with E-state index in [1.807, 2.05) is 36.4 Å². The Labute approximate surface area is 190 Å². The molecule has 168 valence electrons. The maximum atomic E-state index is 12.2. The molecule has 8 nitrogen and oxygen atoms in total. The largest absolute Gasteiger partial charge is 0.504 e. The minimum Gasteiger partial charge on any atom is -0.504 e. The topological polar surface area (TPSA) is 111 Å². The Bertz CT molecular complexity index is 1220. The molecule has 0 aliphatic rings. The number of phenols is 1. The quantitative estimate of drug-likeness (QED) is 0.151. The first kappa shape index (κ1) is 23.1. The molecule has 33 heavy (non-hydrogen) atoms. The molecular weight excluding hydrogens is 424 g/mol. The highest BCUT2D eigenvalue weighted by atomic mass is 16.6. The molecule has 0 saturated heterocycles. The summed E-state index contributed by atoms with van der Waals surface area (Å²) in [5.41, 5.74) is 2.68. The number of nitro groups is 1. The summed E-state index contributed by atoms with van der Waals surface area (Å²) in [4.78, 5) is 22.4. The fourth-order valence-corrected chi connectivity index (χ4v) is 3.04. The second kappa shape index (κ2) is 10.6. The summed E-state index contributed by atoms with van der Waals surface area (Å²) in [7, 11) is 2.96. The molecule has 0 unspecified atom stereocenters. The number of benzene rings is 3. The number of phenolic OH excluding ortho intramolecular Hbond substituents is 1. The molecule has 0 amide bonds. The van der Waals surface area contributed by atoms with E-state index in [1.165, 1.54) is 50.8 Å². The van der Waals surface area contributed by atoms with E-state index in [4.69, 9.17) is 9.47 Å². The van der Waals surface area contributed by atoms with E-state index in [0.717, 1.165) is 16.8 Å². The van der Waals surface area contributed by atoms with Gasteiger partial charge in [-0.2, -0.15) is 0 Å². The number of methoxy groups -OCH3 is 2. The summed E-state index contributed by atoms with van der Waals surface area (Å²) in [5, 5.41) is 23.8. The molecule has 3 rings (SSSR count). The molecule has 2 N–H and O–H groups in total. The maximum Gasteiger partial charge on any atom is 0.269 e. The zero-order valence-electron chi connectivity index (χ0n) is 18.0. The van der Waals surface area contributed by atoms with Gasteiger partial charge in [0, 0.05) is 35.7 Å². The van der Waals surface area contributed by atoms with Crippen molar-refractivity contribution in [1.82, 2.24) is 0 Å². The van der Waals surface area contributed by atoms with Gasteiger partial charge in [-0.3, -0.25) is 14.9 Å². The molecule has 0 aliphatic heterocycles. The number of hydrogen-bond donors (Lipinski definition) is 2. The highest BCUT2D eigenvalue weighted by Crippen LogP contribution is 2.37. The van der Waals surface area contributed by atoms with Crippen molar-refractivity contribution < 1.29 is 24.3 Å². The van der Waals surface area contributed by atoms with Gasteiger partial charge in [-0.05, 0) is 47.5 Å².